The molecule has 0 aliphatic heterocycles. The van der Waals surface area contributed by atoms with Crippen LogP contribution in [-0.4, -0.2) is 43.8 Å². The second-order valence-corrected chi connectivity index (χ2v) is 12.7. The van der Waals surface area contributed by atoms with E-state index >= 15 is 0 Å². The van der Waals surface area contributed by atoms with Crippen molar-refractivity contribution in [2.45, 2.75) is 57.6 Å². The van der Waals surface area contributed by atoms with Crippen LogP contribution in [0.25, 0.3) is 0 Å². The van der Waals surface area contributed by atoms with Gasteiger partial charge in [-0.1, -0.05) is 64.3 Å². The van der Waals surface area contributed by atoms with Crippen molar-refractivity contribution in [3.63, 3.8) is 0 Å². The van der Waals surface area contributed by atoms with Gasteiger partial charge in [-0.3, -0.25) is 13.9 Å². The standard InChI is InChI=1S/C29H33BrClN3O4S/c1-5-21(3)32-29(36)22(4)33(18-23-8-10-24(30)11-9-23)28(35)19-34(26-14-12-25(31)13-15-26)39(37,38)27-16-6-20(2)7-17-27/h6-17,21-22H,5,18-19H2,1-4H3,(H,32,36)/t21-,22+/m0/s1. The zero-order valence-electron chi connectivity index (χ0n) is 22.4. The molecule has 3 rings (SSSR count). The topological polar surface area (TPSA) is 86.8 Å². The number of halogens is 2. The number of amides is 2. The van der Waals surface area contributed by atoms with Crippen molar-refractivity contribution < 1.29 is 18.0 Å². The molecule has 0 saturated heterocycles. The molecule has 0 aliphatic carbocycles. The van der Waals surface area contributed by atoms with E-state index in [1.165, 1.54) is 17.0 Å². The molecule has 0 bridgehead atoms. The minimum Gasteiger partial charge on any atom is -0.352 e. The Labute approximate surface area is 244 Å². The molecule has 3 aromatic rings. The first-order chi connectivity index (χ1) is 18.4. The normalized spacial score (nSPS) is 12.9. The summed E-state index contributed by atoms with van der Waals surface area (Å²) in [7, 11) is -4.12. The highest BCUT2D eigenvalue weighted by atomic mass is 79.9. The third-order valence-corrected chi connectivity index (χ3v) is 9.01. The van der Waals surface area contributed by atoms with E-state index < -0.39 is 28.5 Å². The van der Waals surface area contributed by atoms with Gasteiger partial charge in [0.2, 0.25) is 11.8 Å². The highest BCUT2D eigenvalue weighted by Gasteiger charge is 2.32. The first-order valence-corrected chi connectivity index (χ1v) is 15.2. The number of rotatable bonds is 11. The van der Waals surface area contributed by atoms with Crippen molar-refractivity contribution in [3.8, 4) is 0 Å². The van der Waals surface area contributed by atoms with E-state index in [1.54, 1.807) is 43.3 Å². The summed E-state index contributed by atoms with van der Waals surface area (Å²) in [6.45, 7) is 6.98. The summed E-state index contributed by atoms with van der Waals surface area (Å²) >= 11 is 9.47. The van der Waals surface area contributed by atoms with Gasteiger partial charge in [-0.05, 0) is 81.3 Å². The summed E-state index contributed by atoms with van der Waals surface area (Å²) in [6, 6.07) is 19.2. The Morgan fingerprint density at radius 1 is 0.949 bits per heavy atom. The zero-order chi connectivity index (χ0) is 28.7. The maximum Gasteiger partial charge on any atom is 0.264 e. The van der Waals surface area contributed by atoms with Crippen LogP contribution >= 0.6 is 27.5 Å². The van der Waals surface area contributed by atoms with Gasteiger partial charge < -0.3 is 10.2 Å². The number of hydrogen-bond donors (Lipinski definition) is 1. The number of nitrogens with one attached hydrogen (secondary N) is 1. The Kier molecular flexibility index (Phi) is 10.6. The fraction of sp³-hybridized carbons (Fsp3) is 0.310. The molecule has 10 heteroatoms. The van der Waals surface area contributed by atoms with Gasteiger partial charge in [0.05, 0.1) is 10.6 Å². The van der Waals surface area contributed by atoms with Gasteiger partial charge in [-0.25, -0.2) is 8.42 Å². The van der Waals surface area contributed by atoms with Crippen LogP contribution in [0.1, 0.15) is 38.3 Å². The molecule has 0 spiro atoms. The Balaban J connectivity index is 2.01. The van der Waals surface area contributed by atoms with Crippen LogP contribution in [-0.2, 0) is 26.2 Å². The summed E-state index contributed by atoms with van der Waals surface area (Å²) in [5, 5.41) is 3.36. The van der Waals surface area contributed by atoms with Gasteiger partial charge in [0.15, 0.2) is 0 Å². The molecule has 0 heterocycles. The molecule has 3 aromatic carbocycles. The van der Waals surface area contributed by atoms with E-state index in [9.17, 15) is 18.0 Å². The lowest BCUT2D eigenvalue weighted by Gasteiger charge is -2.32. The minimum absolute atomic E-state index is 0.0536. The van der Waals surface area contributed by atoms with E-state index in [0.717, 1.165) is 26.3 Å². The van der Waals surface area contributed by atoms with Crippen molar-refractivity contribution >= 4 is 55.1 Å². The predicted molar refractivity (Wildman–Crippen MR) is 159 cm³/mol. The lowest BCUT2D eigenvalue weighted by Crippen LogP contribution is -2.52. The van der Waals surface area contributed by atoms with Crippen molar-refractivity contribution in [3.05, 3.63) is 93.4 Å². The van der Waals surface area contributed by atoms with E-state index in [1.807, 2.05) is 45.0 Å². The predicted octanol–water partition coefficient (Wildman–Crippen LogP) is 5.94. The van der Waals surface area contributed by atoms with Gasteiger partial charge in [0.25, 0.3) is 10.0 Å². The number of benzene rings is 3. The summed E-state index contributed by atoms with van der Waals surface area (Å²) < 4.78 is 29.6. The quantitative estimate of drug-likeness (QED) is 0.283. The maximum atomic E-state index is 13.9. The number of anilines is 1. The summed E-state index contributed by atoms with van der Waals surface area (Å²) in [5.41, 5.74) is 1.99. The molecule has 1 N–H and O–H groups in total. The smallest absolute Gasteiger partial charge is 0.264 e. The number of nitrogens with zero attached hydrogens (tertiary/aromatic N) is 2. The van der Waals surface area contributed by atoms with Crippen LogP contribution in [0.15, 0.2) is 82.2 Å². The summed E-state index contributed by atoms with van der Waals surface area (Å²) in [4.78, 5) is 28.5. The van der Waals surface area contributed by atoms with Crippen LogP contribution in [0.2, 0.25) is 5.02 Å². The molecular weight excluding hydrogens is 602 g/mol. The van der Waals surface area contributed by atoms with Crippen molar-refractivity contribution in [1.29, 1.82) is 0 Å². The molecule has 208 valence electrons. The average Bonchev–Trinajstić information content (AvgIpc) is 2.91. The fourth-order valence-electron chi connectivity index (χ4n) is 3.81. The molecule has 0 saturated carbocycles. The fourth-order valence-corrected chi connectivity index (χ4v) is 5.61. The van der Waals surface area contributed by atoms with Gasteiger partial charge in [-0.15, -0.1) is 0 Å². The van der Waals surface area contributed by atoms with Gasteiger partial charge in [0, 0.05) is 22.1 Å². The van der Waals surface area contributed by atoms with E-state index in [4.69, 9.17) is 11.6 Å². The maximum absolute atomic E-state index is 13.9. The number of aryl methyl sites for hydroxylation is 1. The van der Waals surface area contributed by atoms with Crippen molar-refractivity contribution in [2.24, 2.45) is 0 Å². The molecule has 0 aliphatic rings. The SMILES string of the molecule is CC[C@H](C)NC(=O)[C@@H](C)N(Cc1ccc(Br)cc1)C(=O)CN(c1ccc(Cl)cc1)S(=O)(=O)c1ccc(C)cc1. The number of hydrogen-bond acceptors (Lipinski definition) is 4. The zero-order valence-corrected chi connectivity index (χ0v) is 25.6. The number of sulfonamides is 1. The molecule has 2 atom stereocenters. The number of carbonyl (C=O) groups is 2. The molecule has 0 fully saturated rings. The molecule has 39 heavy (non-hydrogen) atoms. The molecule has 0 unspecified atom stereocenters. The highest BCUT2D eigenvalue weighted by molar-refractivity contribution is 9.10. The third kappa shape index (κ3) is 8.06. The summed E-state index contributed by atoms with van der Waals surface area (Å²) in [5.74, 6) is -0.829. The molecule has 7 nitrogen and oxygen atoms in total. The van der Waals surface area contributed by atoms with Gasteiger partial charge in [-0.2, -0.15) is 0 Å². The molecular formula is C29H33BrClN3O4S. The Morgan fingerprint density at radius 2 is 1.54 bits per heavy atom. The Hall–Kier alpha value is -2.88. The van der Waals surface area contributed by atoms with Crippen LogP contribution in [0.3, 0.4) is 0 Å². The minimum atomic E-state index is -4.12. The van der Waals surface area contributed by atoms with Gasteiger partial charge in [0.1, 0.15) is 12.6 Å². The van der Waals surface area contributed by atoms with E-state index in [-0.39, 0.29) is 29.1 Å². The van der Waals surface area contributed by atoms with Crippen LogP contribution in [0.5, 0.6) is 0 Å². The molecule has 2 amide bonds. The molecule has 0 radical (unpaired) electrons. The second kappa shape index (κ2) is 13.5. The Bertz CT molecular complexity index is 1380. The summed E-state index contributed by atoms with van der Waals surface area (Å²) in [6.07, 6.45) is 0.734. The van der Waals surface area contributed by atoms with Gasteiger partial charge >= 0.3 is 0 Å². The third-order valence-electron chi connectivity index (χ3n) is 6.44. The Morgan fingerprint density at radius 3 is 2.10 bits per heavy atom. The van der Waals surface area contributed by atoms with Crippen molar-refractivity contribution in [1.82, 2.24) is 10.2 Å². The average molecular weight is 635 g/mol. The second-order valence-electron chi connectivity index (χ2n) is 9.44. The van der Waals surface area contributed by atoms with Crippen LogP contribution < -0.4 is 9.62 Å². The first kappa shape index (κ1) is 30.7. The monoisotopic (exact) mass is 633 g/mol. The lowest BCUT2D eigenvalue weighted by molar-refractivity contribution is -0.139. The number of carbonyl (C=O) groups excluding carboxylic acids is 2. The van der Waals surface area contributed by atoms with E-state index in [0.29, 0.717) is 5.02 Å². The highest BCUT2D eigenvalue weighted by Crippen LogP contribution is 2.26. The largest absolute Gasteiger partial charge is 0.352 e. The van der Waals surface area contributed by atoms with Crippen LogP contribution in [0.4, 0.5) is 5.69 Å². The lowest BCUT2D eigenvalue weighted by atomic mass is 10.1. The molecule has 0 aromatic heterocycles. The van der Waals surface area contributed by atoms with Crippen molar-refractivity contribution in [2.75, 3.05) is 10.8 Å². The first-order valence-electron chi connectivity index (χ1n) is 12.6. The van der Waals surface area contributed by atoms with Crippen LogP contribution in [0, 0.1) is 6.92 Å². The van der Waals surface area contributed by atoms with E-state index in [2.05, 4.69) is 21.2 Å².